The fraction of sp³-hybridized carbons (Fsp3) is 0.381. The number of carbonyl (C=O) groups is 1. The van der Waals surface area contributed by atoms with Gasteiger partial charge in [-0.2, -0.15) is 5.26 Å². The Hall–Kier alpha value is -3.14. The third-order valence-electron chi connectivity index (χ3n) is 5.42. The number of benzene rings is 1. The molecule has 0 N–H and O–H groups in total. The zero-order chi connectivity index (χ0) is 19.5. The number of anilines is 2. The van der Waals surface area contributed by atoms with Crippen LogP contribution in [0, 0.1) is 17.1 Å². The Morgan fingerprint density at radius 2 is 1.75 bits per heavy atom. The van der Waals surface area contributed by atoms with Crippen molar-refractivity contribution in [1.82, 2.24) is 9.88 Å². The average Bonchev–Trinajstić information content (AvgIpc) is 3.28. The molecule has 2 fully saturated rings. The van der Waals surface area contributed by atoms with Gasteiger partial charge in [0.25, 0.3) is 5.91 Å². The summed E-state index contributed by atoms with van der Waals surface area (Å²) in [6.45, 7) is 4.14. The number of hydrogen-bond acceptors (Lipinski definition) is 5. The molecule has 1 aromatic carbocycles. The SMILES string of the molecule is N#Cc1ccc(N2CCN(C(=O)c3cc(N4CCCC4)ccn3)CC2)c(F)c1. The number of rotatable bonds is 3. The summed E-state index contributed by atoms with van der Waals surface area (Å²) in [6.07, 6.45) is 4.06. The summed E-state index contributed by atoms with van der Waals surface area (Å²) >= 11 is 0. The molecule has 2 aromatic rings. The van der Waals surface area contributed by atoms with Gasteiger partial charge in [-0.3, -0.25) is 9.78 Å². The molecule has 28 heavy (non-hydrogen) atoms. The third kappa shape index (κ3) is 3.63. The first-order chi connectivity index (χ1) is 13.7. The smallest absolute Gasteiger partial charge is 0.272 e. The van der Waals surface area contributed by atoms with E-state index in [1.54, 1.807) is 23.2 Å². The lowest BCUT2D eigenvalue weighted by Crippen LogP contribution is -2.49. The third-order valence-corrected chi connectivity index (χ3v) is 5.42. The van der Waals surface area contributed by atoms with Crippen LogP contribution in [0.3, 0.4) is 0 Å². The molecule has 4 rings (SSSR count). The normalized spacial score (nSPS) is 16.9. The summed E-state index contributed by atoms with van der Waals surface area (Å²) in [7, 11) is 0. The predicted octanol–water partition coefficient (Wildman–Crippen LogP) is 2.65. The lowest BCUT2D eigenvalue weighted by atomic mass is 10.1. The second-order valence-electron chi connectivity index (χ2n) is 7.15. The maximum Gasteiger partial charge on any atom is 0.272 e. The van der Waals surface area contributed by atoms with Crippen LogP contribution in [-0.2, 0) is 0 Å². The van der Waals surface area contributed by atoms with Gasteiger partial charge in [0.05, 0.1) is 17.3 Å². The lowest BCUT2D eigenvalue weighted by Gasteiger charge is -2.36. The average molecular weight is 379 g/mol. The fourth-order valence-corrected chi connectivity index (χ4v) is 3.85. The number of carbonyl (C=O) groups excluding carboxylic acids is 1. The van der Waals surface area contributed by atoms with Crippen LogP contribution in [0.5, 0.6) is 0 Å². The minimum absolute atomic E-state index is 0.0824. The Kier molecular flexibility index (Phi) is 5.11. The Morgan fingerprint density at radius 1 is 1.00 bits per heavy atom. The topological polar surface area (TPSA) is 63.5 Å². The van der Waals surface area contributed by atoms with E-state index in [2.05, 4.69) is 9.88 Å². The van der Waals surface area contributed by atoms with Crippen molar-refractivity contribution in [3.8, 4) is 6.07 Å². The van der Waals surface area contributed by atoms with Crippen molar-refractivity contribution in [2.75, 3.05) is 49.1 Å². The van der Waals surface area contributed by atoms with Crippen LogP contribution in [0.15, 0.2) is 36.5 Å². The van der Waals surface area contributed by atoms with Gasteiger partial charge in [0.15, 0.2) is 0 Å². The van der Waals surface area contributed by atoms with Crippen LogP contribution in [0.25, 0.3) is 0 Å². The molecule has 144 valence electrons. The molecule has 0 bridgehead atoms. The van der Waals surface area contributed by atoms with Crippen LogP contribution in [0.2, 0.25) is 0 Å². The highest BCUT2D eigenvalue weighted by atomic mass is 19.1. The van der Waals surface area contributed by atoms with Crippen LogP contribution < -0.4 is 9.80 Å². The van der Waals surface area contributed by atoms with Gasteiger partial charge in [-0.25, -0.2) is 4.39 Å². The predicted molar refractivity (Wildman–Crippen MR) is 105 cm³/mol. The molecule has 3 heterocycles. The molecule has 0 atom stereocenters. The summed E-state index contributed by atoms with van der Waals surface area (Å²) < 4.78 is 14.2. The van der Waals surface area contributed by atoms with Crippen LogP contribution >= 0.6 is 0 Å². The number of amides is 1. The molecule has 1 aromatic heterocycles. The van der Waals surface area contributed by atoms with Gasteiger partial charge in [-0.15, -0.1) is 0 Å². The molecule has 2 saturated heterocycles. The van der Waals surface area contributed by atoms with E-state index in [0.29, 0.717) is 43.1 Å². The summed E-state index contributed by atoms with van der Waals surface area (Å²) in [5.74, 6) is -0.486. The quantitative estimate of drug-likeness (QED) is 0.820. The highest BCUT2D eigenvalue weighted by Gasteiger charge is 2.25. The summed E-state index contributed by atoms with van der Waals surface area (Å²) in [4.78, 5) is 23.1. The molecule has 1 amide bonds. The highest BCUT2D eigenvalue weighted by Crippen LogP contribution is 2.23. The van der Waals surface area contributed by atoms with Crippen molar-refractivity contribution in [2.45, 2.75) is 12.8 Å². The molecule has 7 heteroatoms. The number of nitrogens with zero attached hydrogens (tertiary/aromatic N) is 5. The molecule has 0 aliphatic carbocycles. The van der Waals surface area contributed by atoms with Crippen LogP contribution in [0.4, 0.5) is 15.8 Å². The van der Waals surface area contributed by atoms with E-state index in [0.717, 1.165) is 18.8 Å². The Bertz CT molecular complexity index is 911. The molecule has 0 radical (unpaired) electrons. The van der Waals surface area contributed by atoms with E-state index in [-0.39, 0.29) is 5.91 Å². The van der Waals surface area contributed by atoms with E-state index in [9.17, 15) is 9.18 Å². The van der Waals surface area contributed by atoms with Gasteiger partial charge in [0.1, 0.15) is 11.5 Å². The van der Waals surface area contributed by atoms with E-state index >= 15 is 0 Å². The number of piperazine rings is 1. The van der Waals surface area contributed by atoms with E-state index in [1.165, 1.54) is 18.9 Å². The molecular weight excluding hydrogens is 357 g/mol. The molecular formula is C21H22FN5O. The minimum atomic E-state index is -0.404. The summed E-state index contributed by atoms with van der Waals surface area (Å²) in [5, 5.41) is 8.87. The largest absolute Gasteiger partial charge is 0.371 e. The van der Waals surface area contributed by atoms with Gasteiger partial charge in [-0.1, -0.05) is 0 Å². The second-order valence-corrected chi connectivity index (χ2v) is 7.15. The second kappa shape index (κ2) is 7.85. The first-order valence-electron chi connectivity index (χ1n) is 9.60. The molecule has 2 aliphatic rings. The van der Waals surface area contributed by atoms with E-state index in [1.807, 2.05) is 23.1 Å². The van der Waals surface area contributed by atoms with Crippen molar-refractivity contribution in [3.63, 3.8) is 0 Å². The first-order valence-corrected chi connectivity index (χ1v) is 9.60. The van der Waals surface area contributed by atoms with Crippen molar-refractivity contribution in [3.05, 3.63) is 53.6 Å². The minimum Gasteiger partial charge on any atom is -0.371 e. The van der Waals surface area contributed by atoms with Gasteiger partial charge in [0, 0.05) is 51.2 Å². The van der Waals surface area contributed by atoms with Gasteiger partial charge in [-0.05, 0) is 43.2 Å². The number of hydrogen-bond donors (Lipinski definition) is 0. The zero-order valence-electron chi connectivity index (χ0n) is 15.6. The fourth-order valence-electron chi connectivity index (χ4n) is 3.85. The van der Waals surface area contributed by atoms with E-state index < -0.39 is 5.82 Å². The zero-order valence-corrected chi connectivity index (χ0v) is 15.6. The maximum atomic E-state index is 14.2. The van der Waals surface area contributed by atoms with Gasteiger partial charge in [0.2, 0.25) is 0 Å². The van der Waals surface area contributed by atoms with E-state index in [4.69, 9.17) is 5.26 Å². The van der Waals surface area contributed by atoms with Gasteiger partial charge < -0.3 is 14.7 Å². The van der Waals surface area contributed by atoms with Crippen molar-refractivity contribution < 1.29 is 9.18 Å². The maximum absolute atomic E-state index is 14.2. The Balaban J connectivity index is 1.42. The number of pyridine rings is 1. The van der Waals surface area contributed by atoms with Gasteiger partial charge >= 0.3 is 0 Å². The molecule has 0 saturated carbocycles. The Labute approximate surface area is 163 Å². The molecule has 0 spiro atoms. The molecule has 6 nitrogen and oxygen atoms in total. The molecule has 2 aliphatic heterocycles. The molecule has 0 unspecified atom stereocenters. The van der Waals surface area contributed by atoms with Crippen LogP contribution in [-0.4, -0.2) is 55.1 Å². The monoisotopic (exact) mass is 379 g/mol. The number of aromatic nitrogens is 1. The highest BCUT2D eigenvalue weighted by molar-refractivity contribution is 5.93. The Morgan fingerprint density at radius 3 is 2.43 bits per heavy atom. The van der Waals surface area contributed by atoms with Crippen molar-refractivity contribution in [2.24, 2.45) is 0 Å². The van der Waals surface area contributed by atoms with Crippen molar-refractivity contribution in [1.29, 1.82) is 5.26 Å². The van der Waals surface area contributed by atoms with Crippen molar-refractivity contribution >= 4 is 17.3 Å². The van der Waals surface area contributed by atoms with Crippen LogP contribution in [0.1, 0.15) is 28.9 Å². The lowest BCUT2D eigenvalue weighted by molar-refractivity contribution is 0.0741. The number of halogens is 1. The first kappa shape index (κ1) is 18.2. The standard InChI is InChI=1S/C21H22FN5O/c22-18-13-16(15-23)3-4-20(18)26-9-11-27(12-10-26)21(28)19-14-17(5-6-24-19)25-7-1-2-8-25/h3-6,13-14H,1-2,7-12H2. The summed E-state index contributed by atoms with van der Waals surface area (Å²) in [6, 6.07) is 10.3. The number of nitriles is 1. The summed E-state index contributed by atoms with van der Waals surface area (Å²) in [5.41, 5.74) is 2.29.